The Balaban J connectivity index is 1.35. The highest BCUT2D eigenvalue weighted by Gasteiger charge is 2.09. The fourth-order valence-corrected chi connectivity index (χ4v) is 3.86. The summed E-state index contributed by atoms with van der Waals surface area (Å²) in [7, 11) is 0. The van der Waals surface area contributed by atoms with Crippen LogP contribution >= 0.6 is 47.0 Å². The first-order valence-corrected chi connectivity index (χ1v) is 10.8. The van der Waals surface area contributed by atoms with Crippen molar-refractivity contribution in [2.45, 2.75) is 13.1 Å². The van der Waals surface area contributed by atoms with Gasteiger partial charge in [0.05, 0.1) is 13.1 Å². The second-order valence-electron chi connectivity index (χ2n) is 6.67. The van der Waals surface area contributed by atoms with E-state index in [4.69, 9.17) is 47.0 Å². The molecule has 0 saturated heterocycles. The van der Waals surface area contributed by atoms with Crippen molar-refractivity contribution in [3.8, 4) is 0 Å². The number of anilines is 2. The third-order valence-corrected chi connectivity index (χ3v) is 5.72. The Morgan fingerprint density at radius 2 is 1.29 bits per heavy atom. The zero-order valence-corrected chi connectivity index (χ0v) is 19.2. The summed E-state index contributed by atoms with van der Waals surface area (Å²) in [4.78, 5) is 0. The molecule has 0 unspecified atom stereocenters. The van der Waals surface area contributed by atoms with E-state index >= 15 is 0 Å². The van der Waals surface area contributed by atoms with Crippen LogP contribution in [0.5, 0.6) is 0 Å². The van der Waals surface area contributed by atoms with Gasteiger partial charge in [0, 0.05) is 45.2 Å². The lowest BCUT2D eigenvalue weighted by Gasteiger charge is -2.08. The summed E-state index contributed by atoms with van der Waals surface area (Å²) in [6, 6.07) is 16.7. The van der Waals surface area contributed by atoms with Crippen LogP contribution in [0.2, 0.25) is 15.1 Å². The summed E-state index contributed by atoms with van der Waals surface area (Å²) in [6.45, 7) is 1.02. The summed E-state index contributed by atoms with van der Waals surface area (Å²) in [5, 5.41) is 17.3. The van der Waals surface area contributed by atoms with Gasteiger partial charge in [-0.15, -0.1) is 0 Å². The largest absolute Gasteiger partial charge is 0.316 e. The van der Waals surface area contributed by atoms with E-state index in [1.807, 2.05) is 54.9 Å². The molecule has 2 aromatic carbocycles. The van der Waals surface area contributed by atoms with E-state index in [1.54, 1.807) is 21.5 Å². The molecule has 10 heteroatoms. The maximum atomic E-state index is 6.23. The quantitative estimate of drug-likeness (QED) is 0.327. The lowest BCUT2D eigenvalue weighted by atomic mass is 10.2. The molecule has 4 aromatic rings. The van der Waals surface area contributed by atoms with Crippen LogP contribution < -0.4 is 10.6 Å². The average molecular weight is 492 g/mol. The predicted molar refractivity (Wildman–Crippen MR) is 130 cm³/mol. The van der Waals surface area contributed by atoms with Crippen molar-refractivity contribution in [3.05, 3.63) is 93.2 Å². The zero-order valence-electron chi connectivity index (χ0n) is 16.1. The summed E-state index contributed by atoms with van der Waals surface area (Å²) < 4.78 is 3.52. The first kappa shape index (κ1) is 21.6. The Morgan fingerprint density at radius 1 is 0.742 bits per heavy atom. The molecule has 0 radical (unpaired) electrons. The fraction of sp³-hybridized carbons (Fsp3) is 0.0952. The van der Waals surface area contributed by atoms with Crippen molar-refractivity contribution in [1.82, 2.24) is 19.6 Å². The van der Waals surface area contributed by atoms with E-state index in [9.17, 15) is 0 Å². The summed E-state index contributed by atoms with van der Waals surface area (Å²) in [5.41, 5.74) is 1.80. The van der Waals surface area contributed by atoms with Crippen molar-refractivity contribution in [3.63, 3.8) is 0 Å². The summed E-state index contributed by atoms with van der Waals surface area (Å²) in [6.07, 6.45) is 3.68. The van der Waals surface area contributed by atoms with Gasteiger partial charge in [0.15, 0.2) is 16.7 Å². The van der Waals surface area contributed by atoms with Crippen LogP contribution in [0, 0.1) is 0 Å². The first-order chi connectivity index (χ1) is 15.0. The smallest absolute Gasteiger partial charge is 0.177 e. The molecular weight excluding hydrogens is 475 g/mol. The average Bonchev–Trinajstić information content (AvgIpc) is 3.36. The molecule has 4 rings (SSSR count). The Labute approximate surface area is 199 Å². The van der Waals surface area contributed by atoms with Crippen LogP contribution in [-0.4, -0.2) is 24.7 Å². The van der Waals surface area contributed by atoms with Gasteiger partial charge < -0.3 is 10.6 Å². The van der Waals surface area contributed by atoms with Crippen LogP contribution in [0.25, 0.3) is 0 Å². The highest BCUT2D eigenvalue weighted by molar-refractivity contribution is 7.80. The van der Waals surface area contributed by atoms with Crippen molar-refractivity contribution < 1.29 is 0 Å². The number of hydrogen-bond donors (Lipinski definition) is 2. The van der Waals surface area contributed by atoms with Crippen LogP contribution in [0.1, 0.15) is 11.1 Å². The molecule has 2 aromatic heterocycles. The van der Waals surface area contributed by atoms with Gasteiger partial charge in [0.2, 0.25) is 0 Å². The van der Waals surface area contributed by atoms with E-state index < -0.39 is 0 Å². The van der Waals surface area contributed by atoms with Crippen molar-refractivity contribution in [1.29, 1.82) is 0 Å². The third kappa shape index (κ3) is 5.57. The minimum absolute atomic E-state index is 0.379. The molecule has 0 bridgehead atoms. The third-order valence-electron chi connectivity index (χ3n) is 4.44. The minimum atomic E-state index is 0.379. The number of aromatic nitrogens is 4. The second-order valence-corrected chi connectivity index (χ2v) is 8.30. The van der Waals surface area contributed by atoms with Crippen molar-refractivity contribution in [2.75, 3.05) is 10.6 Å². The number of nitrogens with one attached hydrogen (secondary N) is 2. The van der Waals surface area contributed by atoms with E-state index in [2.05, 4.69) is 20.8 Å². The Morgan fingerprint density at radius 3 is 1.90 bits per heavy atom. The van der Waals surface area contributed by atoms with Crippen LogP contribution in [-0.2, 0) is 13.1 Å². The second kappa shape index (κ2) is 9.70. The van der Waals surface area contributed by atoms with Crippen LogP contribution in [0.3, 0.4) is 0 Å². The SMILES string of the molecule is S=C(Nc1ccn(Cc2ccccc2Cl)n1)Nc1ccn(Cc2c(Cl)cccc2Cl)n1. The molecule has 0 amide bonds. The number of hydrogen-bond acceptors (Lipinski definition) is 3. The molecular formula is C21H17Cl3N6S. The molecule has 2 N–H and O–H groups in total. The van der Waals surface area contributed by atoms with Crippen molar-refractivity contribution in [2.24, 2.45) is 0 Å². The molecule has 31 heavy (non-hydrogen) atoms. The molecule has 158 valence electrons. The zero-order chi connectivity index (χ0) is 21.8. The van der Waals surface area contributed by atoms with E-state index in [0.717, 1.165) is 11.1 Å². The summed E-state index contributed by atoms with van der Waals surface area (Å²) >= 11 is 24.1. The minimum Gasteiger partial charge on any atom is -0.316 e. The Hall–Kier alpha value is -2.58. The molecule has 0 spiro atoms. The van der Waals surface area contributed by atoms with Crippen LogP contribution in [0.4, 0.5) is 11.6 Å². The Bertz CT molecular complexity index is 1200. The maximum absolute atomic E-state index is 6.23. The fourth-order valence-electron chi connectivity index (χ4n) is 2.94. The highest BCUT2D eigenvalue weighted by Crippen LogP contribution is 2.25. The first-order valence-electron chi connectivity index (χ1n) is 9.29. The molecule has 0 aliphatic heterocycles. The summed E-state index contributed by atoms with van der Waals surface area (Å²) in [5.74, 6) is 1.21. The molecule has 6 nitrogen and oxygen atoms in total. The lowest BCUT2D eigenvalue weighted by molar-refractivity contribution is 0.689. The molecule has 2 heterocycles. The van der Waals surface area contributed by atoms with E-state index in [1.165, 1.54) is 0 Å². The molecule has 0 atom stereocenters. The maximum Gasteiger partial charge on any atom is 0.177 e. The van der Waals surface area contributed by atoms with Gasteiger partial charge in [-0.3, -0.25) is 9.36 Å². The number of thiocarbonyl (C=S) groups is 1. The topological polar surface area (TPSA) is 59.7 Å². The van der Waals surface area contributed by atoms with E-state index in [0.29, 0.717) is 44.9 Å². The normalized spacial score (nSPS) is 10.8. The van der Waals surface area contributed by atoms with Gasteiger partial charge in [-0.05, 0) is 36.0 Å². The number of nitrogens with zero attached hydrogens (tertiary/aromatic N) is 4. The van der Waals surface area contributed by atoms with E-state index in [-0.39, 0.29) is 0 Å². The molecule has 0 aliphatic rings. The standard InChI is InChI=1S/C21H17Cl3N6S/c22-16-5-2-1-4-14(16)12-29-10-8-19(27-29)25-21(31)26-20-9-11-30(28-20)13-15-17(23)6-3-7-18(15)24/h1-11H,12-13H2,(H2,25,26,27,28,31). The number of halogens is 3. The number of rotatable bonds is 6. The highest BCUT2D eigenvalue weighted by atomic mass is 35.5. The molecule has 0 fully saturated rings. The van der Waals surface area contributed by atoms with Crippen LogP contribution in [0.15, 0.2) is 67.0 Å². The van der Waals surface area contributed by atoms with Gasteiger partial charge >= 0.3 is 0 Å². The van der Waals surface area contributed by atoms with Gasteiger partial charge in [-0.25, -0.2) is 0 Å². The van der Waals surface area contributed by atoms with Gasteiger partial charge in [-0.1, -0.05) is 59.1 Å². The van der Waals surface area contributed by atoms with Gasteiger partial charge in [-0.2, -0.15) is 10.2 Å². The number of benzene rings is 2. The van der Waals surface area contributed by atoms with Crippen molar-refractivity contribution >= 4 is 63.8 Å². The van der Waals surface area contributed by atoms with Gasteiger partial charge in [0.1, 0.15) is 0 Å². The Kier molecular flexibility index (Phi) is 6.77. The molecule has 0 saturated carbocycles. The predicted octanol–water partition coefficient (Wildman–Crippen LogP) is 5.95. The lowest BCUT2D eigenvalue weighted by Crippen LogP contribution is -2.20. The van der Waals surface area contributed by atoms with Gasteiger partial charge in [0.25, 0.3) is 0 Å². The molecule has 0 aliphatic carbocycles. The monoisotopic (exact) mass is 490 g/mol.